The minimum absolute atomic E-state index is 0.00445. The monoisotopic (exact) mass is 419 g/mol. The lowest BCUT2D eigenvalue weighted by Gasteiger charge is -2.15. The Morgan fingerprint density at radius 1 is 0.903 bits per heavy atom. The summed E-state index contributed by atoms with van der Waals surface area (Å²) in [6, 6.07) is 11.3. The molecule has 4 rings (SSSR count). The van der Waals surface area contributed by atoms with Gasteiger partial charge in [0, 0.05) is 36.4 Å². The number of carbonyl (C=O) groups is 4. The summed E-state index contributed by atoms with van der Waals surface area (Å²) in [5, 5.41) is 2.78. The summed E-state index contributed by atoms with van der Waals surface area (Å²) in [6.45, 7) is 3.95. The molecule has 0 saturated carbocycles. The van der Waals surface area contributed by atoms with Crippen LogP contribution in [0.3, 0.4) is 0 Å². The maximum absolute atomic E-state index is 12.7. The van der Waals surface area contributed by atoms with Crippen LogP contribution in [0.5, 0.6) is 0 Å². The number of hydrogen-bond acceptors (Lipinski definition) is 4. The first-order valence-electron chi connectivity index (χ1n) is 10.7. The number of imide groups is 1. The average molecular weight is 419 g/mol. The quantitative estimate of drug-likeness (QED) is 0.725. The largest absolute Gasteiger partial charge is 0.339 e. The summed E-state index contributed by atoms with van der Waals surface area (Å²) in [4.78, 5) is 53.2. The number of benzene rings is 2. The molecule has 0 radical (unpaired) electrons. The van der Waals surface area contributed by atoms with Crippen LogP contribution in [-0.4, -0.2) is 53.1 Å². The fourth-order valence-corrected chi connectivity index (χ4v) is 3.95. The predicted molar refractivity (Wildman–Crippen MR) is 116 cm³/mol. The highest BCUT2D eigenvalue weighted by atomic mass is 16.2. The summed E-state index contributed by atoms with van der Waals surface area (Å²) >= 11 is 0. The molecular formula is C24H25N3O4. The third kappa shape index (κ3) is 4.08. The van der Waals surface area contributed by atoms with E-state index in [-0.39, 0.29) is 29.2 Å². The Morgan fingerprint density at radius 3 is 2.23 bits per heavy atom. The maximum atomic E-state index is 12.7. The molecule has 2 aromatic carbocycles. The van der Waals surface area contributed by atoms with Gasteiger partial charge in [-0.3, -0.25) is 24.1 Å². The Kier molecular flexibility index (Phi) is 5.84. The number of unbranched alkanes of at least 4 members (excludes halogenated alkanes) is 1. The van der Waals surface area contributed by atoms with Crippen molar-refractivity contribution in [1.82, 2.24) is 9.80 Å². The molecule has 2 aliphatic rings. The van der Waals surface area contributed by atoms with E-state index in [2.05, 4.69) is 5.32 Å². The number of amides is 4. The number of fused-ring (bicyclic) bond motifs is 1. The molecule has 0 unspecified atom stereocenters. The molecule has 2 heterocycles. The van der Waals surface area contributed by atoms with Crippen molar-refractivity contribution in [3.63, 3.8) is 0 Å². The van der Waals surface area contributed by atoms with E-state index in [0.717, 1.165) is 38.8 Å². The summed E-state index contributed by atoms with van der Waals surface area (Å²) in [5.41, 5.74) is 2.04. The van der Waals surface area contributed by atoms with Gasteiger partial charge in [0.2, 0.25) is 0 Å². The molecule has 4 amide bonds. The van der Waals surface area contributed by atoms with Crippen LogP contribution >= 0.6 is 0 Å². The van der Waals surface area contributed by atoms with Crippen molar-refractivity contribution < 1.29 is 19.2 Å². The van der Waals surface area contributed by atoms with Gasteiger partial charge in [-0.05, 0) is 61.7 Å². The molecule has 1 fully saturated rings. The first-order chi connectivity index (χ1) is 15.0. The molecule has 0 aromatic heterocycles. The van der Waals surface area contributed by atoms with Crippen molar-refractivity contribution in [3.8, 4) is 0 Å². The minimum Gasteiger partial charge on any atom is -0.339 e. The van der Waals surface area contributed by atoms with Crippen molar-refractivity contribution in [3.05, 3.63) is 64.7 Å². The standard InChI is InChI=1S/C24H25N3O4/c1-2-3-14-27-23(30)19-11-8-17(15-20(19)24(27)31)21(28)25-18-9-6-16(7-10-18)22(29)26-12-4-5-13-26/h6-11,15H,2-5,12-14H2,1H3,(H,25,28). The van der Waals surface area contributed by atoms with E-state index in [4.69, 9.17) is 0 Å². The molecule has 2 aromatic rings. The predicted octanol–water partition coefficient (Wildman–Crippen LogP) is 3.57. The molecule has 1 N–H and O–H groups in total. The maximum Gasteiger partial charge on any atom is 0.261 e. The smallest absolute Gasteiger partial charge is 0.261 e. The Bertz CT molecular complexity index is 1040. The lowest BCUT2D eigenvalue weighted by atomic mass is 10.1. The zero-order valence-corrected chi connectivity index (χ0v) is 17.5. The van der Waals surface area contributed by atoms with Gasteiger partial charge in [-0.2, -0.15) is 0 Å². The van der Waals surface area contributed by atoms with Crippen LogP contribution < -0.4 is 5.32 Å². The molecule has 160 valence electrons. The fraction of sp³-hybridized carbons (Fsp3) is 0.333. The molecule has 7 nitrogen and oxygen atoms in total. The zero-order chi connectivity index (χ0) is 22.0. The lowest BCUT2D eigenvalue weighted by molar-refractivity contribution is 0.0651. The van der Waals surface area contributed by atoms with E-state index < -0.39 is 0 Å². The first-order valence-corrected chi connectivity index (χ1v) is 10.7. The number of anilines is 1. The van der Waals surface area contributed by atoms with Crippen LogP contribution in [0.4, 0.5) is 5.69 Å². The molecule has 0 aliphatic carbocycles. The van der Waals surface area contributed by atoms with Crippen molar-refractivity contribution in [2.45, 2.75) is 32.6 Å². The number of likely N-dealkylation sites (tertiary alicyclic amines) is 1. The van der Waals surface area contributed by atoms with Crippen LogP contribution in [0.1, 0.15) is 74.0 Å². The van der Waals surface area contributed by atoms with Gasteiger partial charge in [0.25, 0.3) is 23.6 Å². The second kappa shape index (κ2) is 8.71. The van der Waals surface area contributed by atoms with Gasteiger partial charge in [-0.1, -0.05) is 13.3 Å². The van der Waals surface area contributed by atoms with Crippen LogP contribution in [0.15, 0.2) is 42.5 Å². The first kappa shape index (κ1) is 20.8. The third-order valence-corrected chi connectivity index (χ3v) is 5.75. The van der Waals surface area contributed by atoms with Crippen molar-refractivity contribution in [1.29, 1.82) is 0 Å². The van der Waals surface area contributed by atoms with Crippen molar-refractivity contribution in [2.75, 3.05) is 25.0 Å². The molecule has 1 saturated heterocycles. The molecule has 7 heteroatoms. The minimum atomic E-state index is -0.381. The van der Waals surface area contributed by atoms with E-state index in [0.29, 0.717) is 28.9 Å². The van der Waals surface area contributed by atoms with Gasteiger partial charge in [0.1, 0.15) is 0 Å². The molecule has 2 aliphatic heterocycles. The van der Waals surface area contributed by atoms with E-state index in [1.54, 1.807) is 30.3 Å². The van der Waals surface area contributed by atoms with Crippen LogP contribution in [0.25, 0.3) is 0 Å². The normalized spacial score (nSPS) is 15.4. The molecular weight excluding hydrogens is 394 g/mol. The van der Waals surface area contributed by atoms with E-state index >= 15 is 0 Å². The van der Waals surface area contributed by atoms with Crippen molar-refractivity contribution in [2.24, 2.45) is 0 Å². The fourth-order valence-electron chi connectivity index (χ4n) is 3.95. The summed E-state index contributed by atoms with van der Waals surface area (Å²) in [6.07, 6.45) is 3.69. The van der Waals surface area contributed by atoms with Gasteiger partial charge in [0.15, 0.2) is 0 Å². The Labute approximate surface area is 181 Å². The number of nitrogens with one attached hydrogen (secondary N) is 1. The highest BCUT2D eigenvalue weighted by molar-refractivity contribution is 6.22. The van der Waals surface area contributed by atoms with Gasteiger partial charge in [-0.15, -0.1) is 0 Å². The van der Waals surface area contributed by atoms with E-state index in [9.17, 15) is 19.2 Å². The second-order valence-corrected chi connectivity index (χ2v) is 7.91. The molecule has 0 bridgehead atoms. The molecule has 0 atom stereocenters. The topological polar surface area (TPSA) is 86.8 Å². The number of nitrogens with zero attached hydrogens (tertiary/aromatic N) is 2. The number of carbonyl (C=O) groups excluding carboxylic acids is 4. The Hall–Kier alpha value is -3.48. The van der Waals surface area contributed by atoms with Crippen LogP contribution in [-0.2, 0) is 0 Å². The van der Waals surface area contributed by atoms with Gasteiger partial charge in [0.05, 0.1) is 11.1 Å². The van der Waals surface area contributed by atoms with E-state index in [1.165, 1.54) is 17.0 Å². The average Bonchev–Trinajstić information content (AvgIpc) is 3.40. The lowest BCUT2D eigenvalue weighted by Crippen LogP contribution is -2.30. The highest BCUT2D eigenvalue weighted by Crippen LogP contribution is 2.25. The second-order valence-electron chi connectivity index (χ2n) is 7.91. The molecule has 31 heavy (non-hydrogen) atoms. The Balaban J connectivity index is 1.45. The van der Waals surface area contributed by atoms with Crippen molar-refractivity contribution >= 4 is 29.3 Å². The van der Waals surface area contributed by atoms with E-state index in [1.807, 2.05) is 11.8 Å². The number of rotatable bonds is 6. The number of hydrogen-bond donors (Lipinski definition) is 1. The van der Waals surface area contributed by atoms with Gasteiger partial charge in [-0.25, -0.2) is 0 Å². The third-order valence-electron chi connectivity index (χ3n) is 5.75. The van der Waals surface area contributed by atoms with Gasteiger partial charge < -0.3 is 10.2 Å². The zero-order valence-electron chi connectivity index (χ0n) is 17.5. The highest BCUT2D eigenvalue weighted by Gasteiger charge is 2.35. The van der Waals surface area contributed by atoms with Crippen LogP contribution in [0, 0.1) is 0 Å². The Morgan fingerprint density at radius 2 is 1.55 bits per heavy atom. The SMILES string of the molecule is CCCCN1C(=O)c2ccc(C(=O)Nc3ccc(C(=O)N4CCCC4)cc3)cc2C1=O. The molecule has 0 spiro atoms. The summed E-state index contributed by atoms with van der Waals surface area (Å²) < 4.78 is 0. The summed E-state index contributed by atoms with van der Waals surface area (Å²) in [5.74, 6) is -1.04. The van der Waals surface area contributed by atoms with Crippen LogP contribution in [0.2, 0.25) is 0 Å². The summed E-state index contributed by atoms with van der Waals surface area (Å²) in [7, 11) is 0. The van der Waals surface area contributed by atoms with Gasteiger partial charge >= 0.3 is 0 Å².